The molecule has 96 valence electrons. The molecule has 0 atom stereocenters. The van der Waals surface area contributed by atoms with Crippen molar-refractivity contribution in [1.29, 1.82) is 0 Å². The molecule has 1 aliphatic heterocycles. The lowest BCUT2D eigenvalue weighted by molar-refractivity contribution is -0.940. The maximum absolute atomic E-state index is 12.2. The highest BCUT2D eigenvalue weighted by molar-refractivity contribution is 5.32. The average Bonchev–Trinajstić information content (AvgIpc) is 2.26. The van der Waals surface area contributed by atoms with Crippen LogP contribution in [0.15, 0.2) is 36.4 Å². The van der Waals surface area contributed by atoms with Crippen LogP contribution in [0.25, 0.3) is 0 Å². The largest absolute Gasteiger partial charge is 0.633 e. The summed E-state index contributed by atoms with van der Waals surface area (Å²) in [4.78, 5) is 10.1. The van der Waals surface area contributed by atoms with Gasteiger partial charge in [0.05, 0.1) is 23.9 Å². The van der Waals surface area contributed by atoms with Gasteiger partial charge in [-0.2, -0.15) is 0 Å². The molecule has 1 heterocycles. The molecule has 18 heavy (non-hydrogen) atoms. The van der Waals surface area contributed by atoms with Gasteiger partial charge in [0.2, 0.25) is 0 Å². The summed E-state index contributed by atoms with van der Waals surface area (Å²) in [5, 5.41) is 22.7. The predicted octanol–water partition coefficient (Wildman–Crippen LogP) is 2.62. The van der Waals surface area contributed by atoms with Crippen LogP contribution >= 0.6 is 0 Å². The summed E-state index contributed by atoms with van der Waals surface area (Å²) in [7, 11) is 0. The number of hydroxylamine groups is 3. The van der Waals surface area contributed by atoms with Crippen LogP contribution < -0.4 is 0 Å². The first-order valence-corrected chi connectivity index (χ1v) is 5.85. The average molecular weight is 248 g/mol. The Morgan fingerprint density at radius 2 is 2.00 bits per heavy atom. The molecule has 0 bridgehead atoms. The van der Waals surface area contributed by atoms with E-state index in [4.69, 9.17) is 0 Å². The Morgan fingerprint density at radius 1 is 1.44 bits per heavy atom. The summed E-state index contributed by atoms with van der Waals surface area (Å²) in [6, 6.07) is 6.20. The van der Waals surface area contributed by atoms with Crippen LogP contribution in [0.5, 0.6) is 0 Å². The molecule has 1 saturated heterocycles. The van der Waals surface area contributed by atoms with Crippen LogP contribution in [-0.2, 0) is 6.54 Å². The van der Waals surface area contributed by atoms with Gasteiger partial charge in [-0.15, -0.1) is 0 Å². The Labute approximate surface area is 106 Å². The van der Waals surface area contributed by atoms with Gasteiger partial charge in [-0.1, -0.05) is 12.2 Å². The fourth-order valence-corrected chi connectivity index (χ4v) is 2.25. The number of hydrogen-bond acceptors (Lipinski definition) is 3. The molecule has 0 unspecified atom stereocenters. The first kappa shape index (κ1) is 12.7. The molecule has 1 aliphatic rings. The van der Waals surface area contributed by atoms with E-state index in [1.165, 1.54) is 12.1 Å². The van der Waals surface area contributed by atoms with Gasteiger partial charge in [-0.3, -0.25) is 10.1 Å². The number of non-ortho nitro benzene ring substituents is 1. The molecule has 5 heteroatoms. The molecule has 0 saturated carbocycles. The fraction of sp³-hybridized carbons (Fsp3) is 0.385. The van der Waals surface area contributed by atoms with E-state index in [1.807, 2.05) is 6.92 Å². The summed E-state index contributed by atoms with van der Waals surface area (Å²) in [6.45, 7) is 7.30. The monoisotopic (exact) mass is 248 g/mol. The first-order chi connectivity index (χ1) is 8.39. The number of nitro groups is 1. The van der Waals surface area contributed by atoms with Crippen LogP contribution in [0.1, 0.15) is 12.5 Å². The van der Waals surface area contributed by atoms with Crippen molar-refractivity contribution in [3.8, 4) is 0 Å². The van der Waals surface area contributed by atoms with Gasteiger partial charge in [-0.25, -0.2) is 0 Å². The van der Waals surface area contributed by atoms with Gasteiger partial charge in [-0.05, 0) is 19.1 Å². The molecule has 2 rings (SSSR count). The Balaban J connectivity index is 1.98. The van der Waals surface area contributed by atoms with Gasteiger partial charge in [0.15, 0.2) is 0 Å². The third-order valence-corrected chi connectivity index (χ3v) is 3.42. The quantitative estimate of drug-likeness (QED) is 0.270. The zero-order valence-corrected chi connectivity index (χ0v) is 10.3. The van der Waals surface area contributed by atoms with E-state index in [9.17, 15) is 15.3 Å². The third-order valence-electron chi connectivity index (χ3n) is 3.42. The van der Waals surface area contributed by atoms with Gasteiger partial charge >= 0.3 is 0 Å². The van der Waals surface area contributed by atoms with Crippen LogP contribution in [0.2, 0.25) is 0 Å². The highest BCUT2D eigenvalue weighted by atomic mass is 16.6. The van der Waals surface area contributed by atoms with Crippen LogP contribution in [0.4, 0.5) is 5.69 Å². The second-order valence-corrected chi connectivity index (χ2v) is 5.05. The number of benzene rings is 1. The zero-order chi connectivity index (χ0) is 13.3. The maximum Gasteiger partial charge on any atom is 0.269 e. The van der Waals surface area contributed by atoms with Crippen molar-refractivity contribution < 1.29 is 9.57 Å². The highest BCUT2D eigenvalue weighted by Crippen LogP contribution is 2.31. The molecule has 0 amide bonds. The van der Waals surface area contributed by atoms with Crippen LogP contribution in [0.3, 0.4) is 0 Å². The standard InChI is InChI=1S/C13H16N2O3/c1-10(2)12-8-15(18,9-12)7-11-3-5-13(6-4-11)14(16)17/h3-6,12H,1,7-9H2,2H3. The van der Waals surface area contributed by atoms with Gasteiger partial charge < -0.3 is 9.85 Å². The molecule has 1 aromatic rings. The van der Waals surface area contributed by atoms with Crippen molar-refractivity contribution in [2.75, 3.05) is 13.1 Å². The van der Waals surface area contributed by atoms with Gasteiger partial charge in [0.1, 0.15) is 6.54 Å². The summed E-state index contributed by atoms with van der Waals surface area (Å²) >= 11 is 0. The highest BCUT2D eigenvalue weighted by Gasteiger charge is 2.37. The second kappa shape index (κ2) is 4.51. The van der Waals surface area contributed by atoms with E-state index in [1.54, 1.807) is 12.1 Å². The van der Waals surface area contributed by atoms with Crippen LogP contribution in [-0.4, -0.2) is 22.7 Å². The SMILES string of the molecule is C=C(C)C1C[N+]([O-])(Cc2ccc([N+](=O)[O-])cc2)C1. The van der Waals surface area contributed by atoms with Gasteiger partial charge in [0, 0.05) is 17.7 Å². The van der Waals surface area contributed by atoms with Crippen molar-refractivity contribution in [2.45, 2.75) is 13.5 Å². The molecule has 1 fully saturated rings. The predicted molar refractivity (Wildman–Crippen MR) is 68.5 cm³/mol. The van der Waals surface area contributed by atoms with Crippen molar-refractivity contribution >= 4 is 5.69 Å². The summed E-state index contributed by atoms with van der Waals surface area (Å²) in [5.74, 6) is 0.320. The molecule has 1 aromatic carbocycles. The number of nitro benzene ring substituents is 1. The van der Waals surface area contributed by atoms with Crippen LogP contribution in [0, 0.1) is 21.2 Å². The van der Waals surface area contributed by atoms with E-state index < -0.39 is 4.92 Å². The minimum atomic E-state index is -0.438. The summed E-state index contributed by atoms with van der Waals surface area (Å²) < 4.78 is -0.255. The van der Waals surface area contributed by atoms with Crippen molar-refractivity contribution in [1.82, 2.24) is 0 Å². The van der Waals surface area contributed by atoms with Crippen molar-refractivity contribution in [2.24, 2.45) is 5.92 Å². The van der Waals surface area contributed by atoms with E-state index in [-0.39, 0.29) is 10.3 Å². The van der Waals surface area contributed by atoms with E-state index >= 15 is 0 Å². The van der Waals surface area contributed by atoms with E-state index in [2.05, 4.69) is 6.58 Å². The molecule has 0 aliphatic carbocycles. The first-order valence-electron chi connectivity index (χ1n) is 5.85. The number of likely N-dealkylation sites (tertiary alicyclic amines) is 1. The second-order valence-electron chi connectivity index (χ2n) is 5.05. The maximum atomic E-state index is 12.2. The molecule has 0 aromatic heterocycles. The minimum absolute atomic E-state index is 0.0552. The molecule has 5 nitrogen and oxygen atoms in total. The number of rotatable bonds is 4. The minimum Gasteiger partial charge on any atom is -0.633 e. The number of nitrogens with zero attached hydrogens (tertiary/aromatic N) is 2. The Morgan fingerprint density at radius 3 is 2.44 bits per heavy atom. The van der Waals surface area contributed by atoms with E-state index in [0.717, 1.165) is 11.1 Å². The lowest BCUT2D eigenvalue weighted by Crippen LogP contribution is -2.59. The van der Waals surface area contributed by atoms with Crippen molar-refractivity contribution in [3.05, 3.63) is 57.3 Å². The van der Waals surface area contributed by atoms with Crippen molar-refractivity contribution in [3.63, 3.8) is 0 Å². The Kier molecular flexibility index (Phi) is 3.19. The molecule has 0 N–H and O–H groups in total. The summed E-state index contributed by atoms with van der Waals surface area (Å²) in [6.07, 6.45) is 0. The summed E-state index contributed by atoms with van der Waals surface area (Å²) in [5.41, 5.74) is 1.96. The fourth-order valence-electron chi connectivity index (χ4n) is 2.25. The lowest BCUT2D eigenvalue weighted by Gasteiger charge is -2.54. The Hall–Kier alpha value is -1.72. The smallest absolute Gasteiger partial charge is 0.269 e. The zero-order valence-electron chi connectivity index (χ0n) is 10.3. The van der Waals surface area contributed by atoms with E-state index in [0.29, 0.717) is 25.6 Å². The molecule has 0 spiro atoms. The molecule has 0 radical (unpaired) electrons. The third kappa shape index (κ3) is 2.57. The lowest BCUT2D eigenvalue weighted by atomic mass is 9.92. The number of quaternary nitrogens is 1. The molecular weight excluding hydrogens is 232 g/mol. The Bertz CT molecular complexity index is 476. The molecular formula is C13H16N2O3. The normalized spacial score (nSPS) is 26.4. The van der Waals surface area contributed by atoms with Gasteiger partial charge in [0.25, 0.3) is 5.69 Å². The number of hydrogen-bond donors (Lipinski definition) is 0. The topological polar surface area (TPSA) is 66.2 Å².